The molecule has 0 radical (unpaired) electrons. The van der Waals surface area contributed by atoms with Gasteiger partial charge in [0.05, 0.1) is 9.90 Å². The number of hydrogen-bond acceptors (Lipinski definition) is 3. The van der Waals surface area contributed by atoms with Gasteiger partial charge in [-0.1, -0.05) is 23.2 Å². The lowest BCUT2D eigenvalue weighted by molar-refractivity contribution is 0.0674. The van der Waals surface area contributed by atoms with Gasteiger partial charge >= 0.3 is 0 Å². The molecule has 0 aliphatic carbocycles. The third-order valence-corrected chi connectivity index (χ3v) is 4.22. The molecule has 1 aliphatic heterocycles. The Bertz CT molecular complexity index is 428. The smallest absolute Gasteiger partial charge is 0.256 e. The first-order valence-electron chi connectivity index (χ1n) is 5.47. The summed E-state index contributed by atoms with van der Waals surface area (Å²) in [6.07, 6.45) is 0. The predicted octanol–water partition coefficient (Wildman–Crippen LogP) is 3.30. The molecule has 1 aromatic heterocycles. The number of thiophene rings is 1. The Hall–Kier alpha value is -0.000000000000000167. The van der Waals surface area contributed by atoms with E-state index in [1.54, 1.807) is 6.07 Å². The number of nitrogens with one attached hydrogen (secondary N) is 1. The van der Waals surface area contributed by atoms with Crippen LogP contribution in [0.3, 0.4) is 0 Å². The van der Waals surface area contributed by atoms with Gasteiger partial charge in [0, 0.05) is 25.2 Å². The highest BCUT2D eigenvalue weighted by Gasteiger charge is 2.27. The Morgan fingerprint density at radius 1 is 1.39 bits per heavy atom. The fourth-order valence-corrected chi connectivity index (χ4v) is 3.60. The van der Waals surface area contributed by atoms with E-state index in [0.717, 1.165) is 0 Å². The molecular weight excluding hydrogens is 315 g/mol. The number of halogens is 3. The largest absolute Gasteiger partial charge is 0.335 e. The molecule has 1 fully saturated rings. The van der Waals surface area contributed by atoms with Crippen LogP contribution in [0.1, 0.15) is 24.2 Å². The predicted molar refractivity (Wildman–Crippen MR) is 79.6 cm³/mol. The van der Waals surface area contributed by atoms with Crippen molar-refractivity contribution in [2.24, 2.45) is 0 Å². The number of carbonyl (C=O) groups excluding carboxylic acids is 1. The molecule has 2 unspecified atom stereocenters. The SMILES string of the molecule is CC1CN(C(=O)c2cc(Cl)sc2Cl)CC(C)N1.Cl. The Labute approximate surface area is 127 Å². The second-order valence-electron chi connectivity index (χ2n) is 4.42. The highest BCUT2D eigenvalue weighted by atomic mass is 35.5. The van der Waals surface area contributed by atoms with Crippen LogP contribution >= 0.6 is 46.9 Å². The second-order valence-corrected chi connectivity index (χ2v) is 6.70. The maximum absolute atomic E-state index is 12.3. The van der Waals surface area contributed by atoms with Gasteiger partial charge in [0.15, 0.2) is 0 Å². The number of rotatable bonds is 1. The van der Waals surface area contributed by atoms with Crippen molar-refractivity contribution >= 4 is 52.9 Å². The first-order valence-corrected chi connectivity index (χ1v) is 7.04. The van der Waals surface area contributed by atoms with Gasteiger partial charge < -0.3 is 10.2 Å². The van der Waals surface area contributed by atoms with Crippen molar-refractivity contribution in [2.75, 3.05) is 13.1 Å². The van der Waals surface area contributed by atoms with Gasteiger partial charge in [0.1, 0.15) is 4.34 Å². The molecule has 1 saturated heterocycles. The molecule has 0 bridgehead atoms. The van der Waals surface area contributed by atoms with Gasteiger partial charge in [-0.3, -0.25) is 4.79 Å². The van der Waals surface area contributed by atoms with Crippen LogP contribution in [-0.4, -0.2) is 36.0 Å². The Kier molecular flexibility index (Phi) is 5.74. The van der Waals surface area contributed by atoms with Crippen molar-refractivity contribution in [1.82, 2.24) is 10.2 Å². The highest BCUT2D eigenvalue weighted by molar-refractivity contribution is 7.20. The second kappa shape index (κ2) is 6.44. The van der Waals surface area contributed by atoms with E-state index in [-0.39, 0.29) is 18.3 Å². The van der Waals surface area contributed by atoms with Crippen LogP contribution in [0.2, 0.25) is 8.67 Å². The molecule has 2 atom stereocenters. The molecule has 0 aromatic carbocycles. The zero-order valence-electron chi connectivity index (χ0n) is 10.1. The molecular formula is C11H15Cl3N2OS. The molecule has 102 valence electrons. The molecule has 1 N–H and O–H groups in total. The van der Waals surface area contributed by atoms with Gasteiger partial charge in [-0.15, -0.1) is 23.7 Å². The summed E-state index contributed by atoms with van der Waals surface area (Å²) < 4.78 is 1.02. The van der Waals surface area contributed by atoms with Crippen LogP contribution in [0.5, 0.6) is 0 Å². The van der Waals surface area contributed by atoms with Crippen LogP contribution in [0.15, 0.2) is 6.07 Å². The first kappa shape index (κ1) is 16.1. The minimum Gasteiger partial charge on any atom is -0.335 e. The first-order chi connectivity index (χ1) is 7.97. The van der Waals surface area contributed by atoms with Crippen LogP contribution < -0.4 is 5.32 Å². The van der Waals surface area contributed by atoms with E-state index in [9.17, 15) is 4.79 Å². The summed E-state index contributed by atoms with van der Waals surface area (Å²) in [5, 5.41) is 3.38. The van der Waals surface area contributed by atoms with Crippen molar-refractivity contribution in [1.29, 1.82) is 0 Å². The van der Waals surface area contributed by atoms with Gasteiger partial charge in [0.2, 0.25) is 0 Å². The van der Waals surface area contributed by atoms with Gasteiger partial charge in [0.25, 0.3) is 5.91 Å². The van der Waals surface area contributed by atoms with Crippen LogP contribution in [0.4, 0.5) is 0 Å². The number of piperazine rings is 1. The lowest BCUT2D eigenvalue weighted by Gasteiger charge is -2.36. The van der Waals surface area contributed by atoms with Crippen LogP contribution in [-0.2, 0) is 0 Å². The third-order valence-electron chi connectivity index (χ3n) is 2.73. The topological polar surface area (TPSA) is 32.3 Å². The lowest BCUT2D eigenvalue weighted by Crippen LogP contribution is -2.55. The van der Waals surface area contributed by atoms with Gasteiger partial charge in [-0.05, 0) is 19.9 Å². The molecule has 0 spiro atoms. The van der Waals surface area contributed by atoms with Crippen molar-refractivity contribution in [3.05, 3.63) is 20.3 Å². The molecule has 1 aliphatic rings. The fourth-order valence-electron chi connectivity index (χ4n) is 2.15. The summed E-state index contributed by atoms with van der Waals surface area (Å²) >= 11 is 13.1. The minimum absolute atomic E-state index is 0. The maximum atomic E-state index is 12.3. The van der Waals surface area contributed by atoms with E-state index < -0.39 is 0 Å². The summed E-state index contributed by atoms with van der Waals surface area (Å²) in [7, 11) is 0. The minimum atomic E-state index is -0.0293. The monoisotopic (exact) mass is 328 g/mol. The van der Waals surface area contributed by atoms with Crippen LogP contribution in [0.25, 0.3) is 0 Å². The van der Waals surface area contributed by atoms with Gasteiger partial charge in [-0.2, -0.15) is 0 Å². The van der Waals surface area contributed by atoms with E-state index >= 15 is 0 Å². The number of nitrogens with zero attached hydrogens (tertiary/aromatic N) is 1. The van der Waals surface area contributed by atoms with E-state index in [1.807, 2.05) is 4.90 Å². The summed E-state index contributed by atoms with van der Waals surface area (Å²) in [5.41, 5.74) is 0.517. The molecule has 7 heteroatoms. The Balaban J connectivity index is 0.00000162. The summed E-state index contributed by atoms with van der Waals surface area (Å²) in [5.74, 6) is -0.0293. The lowest BCUT2D eigenvalue weighted by atomic mass is 10.1. The molecule has 3 nitrogen and oxygen atoms in total. The number of amides is 1. The van der Waals surface area contributed by atoms with E-state index in [2.05, 4.69) is 19.2 Å². The third kappa shape index (κ3) is 3.52. The summed E-state index contributed by atoms with van der Waals surface area (Å²) in [4.78, 5) is 14.1. The zero-order chi connectivity index (χ0) is 12.6. The quantitative estimate of drug-likeness (QED) is 0.857. The van der Waals surface area contributed by atoms with Crippen molar-refractivity contribution in [2.45, 2.75) is 25.9 Å². The number of carbonyl (C=O) groups is 1. The molecule has 0 saturated carbocycles. The zero-order valence-corrected chi connectivity index (χ0v) is 13.2. The van der Waals surface area contributed by atoms with E-state index in [0.29, 0.717) is 39.4 Å². The Morgan fingerprint density at radius 2 is 1.94 bits per heavy atom. The summed E-state index contributed by atoms with van der Waals surface area (Å²) in [6, 6.07) is 2.25. The molecule has 18 heavy (non-hydrogen) atoms. The average molecular weight is 330 g/mol. The van der Waals surface area contributed by atoms with Crippen molar-refractivity contribution < 1.29 is 4.79 Å². The average Bonchev–Trinajstić information content (AvgIpc) is 2.55. The normalized spacial score (nSPS) is 23.7. The standard InChI is InChI=1S/C11H14Cl2N2OS.ClH/c1-6-4-15(5-7(2)14-6)11(16)8-3-9(12)17-10(8)13;/h3,6-7,14H,4-5H2,1-2H3;1H. The fraction of sp³-hybridized carbons (Fsp3) is 0.545. The van der Waals surface area contributed by atoms with E-state index in [4.69, 9.17) is 23.2 Å². The van der Waals surface area contributed by atoms with Crippen LogP contribution in [0, 0.1) is 0 Å². The number of hydrogen-bond donors (Lipinski definition) is 1. The maximum Gasteiger partial charge on any atom is 0.256 e. The summed E-state index contributed by atoms with van der Waals surface area (Å²) in [6.45, 7) is 5.54. The van der Waals surface area contributed by atoms with Gasteiger partial charge in [-0.25, -0.2) is 0 Å². The molecule has 2 heterocycles. The van der Waals surface area contributed by atoms with Crippen molar-refractivity contribution in [3.8, 4) is 0 Å². The highest BCUT2D eigenvalue weighted by Crippen LogP contribution is 2.32. The van der Waals surface area contributed by atoms with E-state index in [1.165, 1.54) is 11.3 Å². The molecule has 1 aromatic rings. The Morgan fingerprint density at radius 3 is 2.39 bits per heavy atom. The van der Waals surface area contributed by atoms with Crippen molar-refractivity contribution in [3.63, 3.8) is 0 Å². The molecule has 1 amide bonds. The molecule has 2 rings (SSSR count).